The zero-order valence-corrected chi connectivity index (χ0v) is 15.7. The molecule has 24 heavy (non-hydrogen) atoms. The molecule has 2 saturated heterocycles. The molecule has 4 unspecified atom stereocenters. The summed E-state index contributed by atoms with van der Waals surface area (Å²) in [7, 11) is 3.19. The van der Waals surface area contributed by atoms with Crippen molar-refractivity contribution in [2.75, 3.05) is 25.8 Å². The van der Waals surface area contributed by atoms with Crippen molar-refractivity contribution in [2.45, 2.75) is 42.4 Å². The lowest BCUT2D eigenvalue weighted by Crippen LogP contribution is -2.76. The fraction of sp³-hybridized carbons (Fsp3) is 0.786. The Morgan fingerprint density at radius 1 is 1.12 bits per heavy atom. The number of alkyl halides is 1. The van der Waals surface area contributed by atoms with Gasteiger partial charge in [-0.1, -0.05) is 22.6 Å². The van der Waals surface area contributed by atoms with Crippen molar-refractivity contribution in [3.8, 4) is 0 Å². The van der Waals surface area contributed by atoms with Gasteiger partial charge in [0.15, 0.2) is 5.79 Å². The maximum atomic E-state index is 12.5. The molecule has 4 atom stereocenters. The average Bonchev–Trinajstić information content (AvgIpc) is 2.93. The summed E-state index contributed by atoms with van der Waals surface area (Å²) in [4.78, 5) is 37.0. The van der Waals surface area contributed by atoms with Crippen LogP contribution in [0.1, 0.15) is 19.3 Å². The van der Waals surface area contributed by atoms with E-state index in [2.05, 4.69) is 32.1 Å². The number of esters is 3. The van der Waals surface area contributed by atoms with Gasteiger partial charge in [0.2, 0.25) is 17.3 Å². The lowest BCUT2D eigenvalue weighted by atomic mass is 9.76. The van der Waals surface area contributed by atoms with Gasteiger partial charge < -0.3 is 28.8 Å². The first-order valence-electron chi connectivity index (χ1n) is 7.18. The molecule has 0 aromatic rings. The predicted octanol–water partition coefficient (Wildman–Crippen LogP) is -0.294. The Balaban J connectivity index is 2.65. The lowest BCUT2D eigenvalue weighted by Gasteiger charge is -2.49. The summed E-state index contributed by atoms with van der Waals surface area (Å²) in [5.41, 5.74) is -4.84. The van der Waals surface area contributed by atoms with Crippen molar-refractivity contribution in [1.29, 1.82) is 0 Å². The molecule has 0 spiro atoms. The number of hydrogen-bond donors (Lipinski definition) is 1. The second kappa shape index (κ2) is 6.73. The van der Waals surface area contributed by atoms with Gasteiger partial charge in [0.1, 0.15) is 0 Å². The van der Waals surface area contributed by atoms with Crippen molar-refractivity contribution < 1.29 is 43.2 Å². The van der Waals surface area contributed by atoms with E-state index in [1.165, 1.54) is 0 Å². The number of aliphatic hydroxyl groups is 1. The molecule has 9 nitrogen and oxygen atoms in total. The highest BCUT2D eigenvalue weighted by atomic mass is 127. The Labute approximate surface area is 152 Å². The van der Waals surface area contributed by atoms with E-state index in [1.54, 1.807) is 0 Å². The quantitative estimate of drug-likeness (QED) is 0.257. The number of halogens is 1. The van der Waals surface area contributed by atoms with Gasteiger partial charge in [-0.3, -0.25) is 0 Å². The van der Waals surface area contributed by atoms with Crippen LogP contribution < -0.4 is 0 Å². The minimum absolute atomic E-state index is 0.0740. The number of ether oxygens (including phenoxy) is 5. The van der Waals surface area contributed by atoms with Crippen LogP contribution in [0.25, 0.3) is 0 Å². The normalized spacial score (nSPS) is 37.6. The zero-order chi connectivity index (χ0) is 18.2. The number of carbonyl (C=O) groups is 3. The Kier molecular flexibility index (Phi) is 5.43. The van der Waals surface area contributed by atoms with Crippen LogP contribution in [0.2, 0.25) is 0 Å². The fourth-order valence-corrected chi connectivity index (χ4v) is 4.07. The summed E-state index contributed by atoms with van der Waals surface area (Å²) in [5, 5.41) is 11.1. The minimum Gasteiger partial charge on any atom is -0.467 e. The highest BCUT2D eigenvalue weighted by Gasteiger charge is 2.78. The molecule has 2 heterocycles. The van der Waals surface area contributed by atoms with E-state index in [4.69, 9.17) is 14.2 Å². The van der Waals surface area contributed by atoms with Gasteiger partial charge in [-0.15, -0.1) is 0 Å². The topological polar surface area (TPSA) is 118 Å². The Morgan fingerprint density at radius 3 is 2.25 bits per heavy atom. The average molecular weight is 458 g/mol. The monoisotopic (exact) mass is 458 g/mol. The molecule has 2 bridgehead atoms. The Hall–Kier alpha value is -0.980. The molecule has 0 radical (unpaired) electrons. The lowest BCUT2D eigenvalue weighted by molar-refractivity contribution is -0.361. The predicted molar refractivity (Wildman–Crippen MR) is 85.2 cm³/mol. The highest BCUT2D eigenvalue weighted by molar-refractivity contribution is 14.1. The van der Waals surface area contributed by atoms with Crippen LogP contribution in [0.5, 0.6) is 0 Å². The molecule has 0 aromatic heterocycles. The van der Waals surface area contributed by atoms with Crippen molar-refractivity contribution in [2.24, 2.45) is 0 Å². The third-order valence-corrected chi connectivity index (χ3v) is 4.99. The van der Waals surface area contributed by atoms with Gasteiger partial charge in [-0.25, -0.2) is 14.4 Å². The van der Waals surface area contributed by atoms with Gasteiger partial charge >= 0.3 is 17.9 Å². The number of hydrogen-bond acceptors (Lipinski definition) is 9. The molecule has 0 aromatic carbocycles. The summed E-state index contributed by atoms with van der Waals surface area (Å²) in [6.07, 6.45) is -1.32. The number of fused-ring (bicyclic) bond motifs is 2. The maximum absolute atomic E-state index is 12.5. The highest BCUT2D eigenvalue weighted by Crippen LogP contribution is 2.54. The molecule has 0 aliphatic carbocycles. The molecule has 1 N–H and O–H groups in total. The number of methoxy groups -OCH3 is 3. The van der Waals surface area contributed by atoms with E-state index in [1.807, 2.05) is 0 Å². The summed E-state index contributed by atoms with van der Waals surface area (Å²) < 4.78 is 26.0. The third-order valence-electron chi connectivity index (χ3n) is 4.45. The van der Waals surface area contributed by atoms with Gasteiger partial charge in [-0.2, -0.15) is 0 Å². The second-order valence-electron chi connectivity index (χ2n) is 5.55. The first-order valence-corrected chi connectivity index (χ1v) is 8.70. The molecule has 10 heteroatoms. The van der Waals surface area contributed by atoms with Crippen LogP contribution in [0.3, 0.4) is 0 Å². The van der Waals surface area contributed by atoms with Crippen LogP contribution in [-0.2, 0) is 38.1 Å². The summed E-state index contributed by atoms with van der Waals surface area (Å²) in [6, 6.07) is 0. The molecule has 0 amide bonds. The molecular formula is C14H19IO9. The summed E-state index contributed by atoms with van der Waals surface area (Å²) in [6.45, 7) is 0. The molecule has 136 valence electrons. The summed E-state index contributed by atoms with van der Waals surface area (Å²) in [5.74, 6) is -4.54. The second-order valence-corrected chi connectivity index (χ2v) is 6.63. The van der Waals surface area contributed by atoms with Crippen LogP contribution in [0, 0.1) is 0 Å². The first-order chi connectivity index (χ1) is 11.3. The minimum atomic E-state index is -2.73. The van der Waals surface area contributed by atoms with Gasteiger partial charge in [0, 0.05) is 17.3 Å². The van der Waals surface area contributed by atoms with Crippen molar-refractivity contribution in [3.05, 3.63) is 0 Å². The van der Waals surface area contributed by atoms with Crippen molar-refractivity contribution in [1.82, 2.24) is 0 Å². The van der Waals surface area contributed by atoms with E-state index < -0.39 is 41.0 Å². The van der Waals surface area contributed by atoms with Crippen LogP contribution in [-0.4, -0.2) is 71.9 Å². The summed E-state index contributed by atoms with van der Waals surface area (Å²) >= 11 is 2.09. The van der Waals surface area contributed by atoms with Crippen molar-refractivity contribution >= 4 is 40.5 Å². The molecule has 2 rings (SSSR count). The van der Waals surface area contributed by atoms with E-state index in [0.717, 1.165) is 21.3 Å². The van der Waals surface area contributed by atoms with E-state index in [0.29, 0.717) is 10.8 Å². The molecular weight excluding hydrogens is 439 g/mol. The number of carbonyl (C=O) groups excluding carboxylic acids is 3. The van der Waals surface area contributed by atoms with Crippen LogP contribution in [0.4, 0.5) is 0 Å². The van der Waals surface area contributed by atoms with E-state index in [9.17, 15) is 19.5 Å². The van der Waals surface area contributed by atoms with Gasteiger partial charge in [-0.05, 0) is 6.42 Å². The fourth-order valence-electron chi connectivity index (χ4n) is 3.25. The van der Waals surface area contributed by atoms with Crippen LogP contribution in [0.15, 0.2) is 0 Å². The third kappa shape index (κ3) is 2.50. The largest absolute Gasteiger partial charge is 0.467 e. The molecule has 2 aliphatic rings. The maximum Gasteiger partial charge on any atom is 0.345 e. The molecule has 2 fully saturated rings. The van der Waals surface area contributed by atoms with Gasteiger partial charge in [0.25, 0.3) is 0 Å². The smallest absolute Gasteiger partial charge is 0.345 e. The first kappa shape index (κ1) is 19.3. The van der Waals surface area contributed by atoms with E-state index in [-0.39, 0.29) is 12.8 Å². The van der Waals surface area contributed by atoms with Crippen molar-refractivity contribution in [3.63, 3.8) is 0 Å². The van der Waals surface area contributed by atoms with E-state index >= 15 is 0 Å². The molecule has 0 saturated carbocycles. The zero-order valence-electron chi connectivity index (χ0n) is 13.5. The van der Waals surface area contributed by atoms with Gasteiger partial charge in [0.05, 0.1) is 21.3 Å². The Bertz CT molecular complexity index is 552. The SMILES string of the molecule is COC(=O)C1OC2(CCI)CCC(C(=O)OC)(O2)C1(O)C(=O)OC. The Morgan fingerprint density at radius 2 is 1.75 bits per heavy atom. The van der Waals surface area contributed by atoms with Crippen LogP contribution >= 0.6 is 22.6 Å². The standard InChI is InChI=1S/C14H19IO9/c1-20-9(16)8-14(19,11(18)22-3)13(10(17)21-2)5-4-12(23-8,24-13)6-7-15/h8,19H,4-7H2,1-3H3. The molecule has 2 aliphatic heterocycles. The number of rotatable bonds is 5.